The lowest BCUT2D eigenvalue weighted by atomic mass is 9.73. The molecular weight excluding hydrogens is 388 g/mol. The molecule has 0 radical (unpaired) electrons. The van der Waals surface area contributed by atoms with Gasteiger partial charge in [-0.1, -0.05) is 26.7 Å². The van der Waals surface area contributed by atoms with Crippen molar-refractivity contribution in [2.24, 2.45) is 5.92 Å². The van der Waals surface area contributed by atoms with Crippen LogP contribution in [0.1, 0.15) is 46.0 Å². The van der Waals surface area contributed by atoms with Crippen molar-refractivity contribution in [2.45, 2.75) is 51.5 Å². The van der Waals surface area contributed by atoms with E-state index in [1.807, 2.05) is 26.0 Å². The van der Waals surface area contributed by atoms with E-state index in [9.17, 15) is 14.4 Å². The molecule has 164 valence electrons. The highest BCUT2D eigenvalue weighted by molar-refractivity contribution is 6.08. The molecule has 30 heavy (non-hydrogen) atoms. The second-order valence-electron chi connectivity index (χ2n) is 7.83. The normalized spacial score (nSPS) is 23.4. The highest BCUT2D eigenvalue weighted by atomic mass is 16.6. The van der Waals surface area contributed by atoms with Crippen LogP contribution in [0, 0.1) is 5.92 Å². The number of nitrogens with zero attached hydrogens (tertiary/aromatic N) is 1. The van der Waals surface area contributed by atoms with Crippen LogP contribution in [0.2, 0.25) is 0 Å². The molecule has 1 spiro atoms. The summed E-state index contributed by atoms with van der Waals surface area (Å²) in [6.45, 7) is 4.48. The zero-order valence-corrected chi connectivity index (χ0v) is 17.6. The van der Waals surface area contributed by atoms with Crippen molar-refractivity contribution >= 4 is 17.9 Å². The van der Waals surface area contributed by atoms with E-state index in [-0.39, 0.29) is 31.6 Å². The molecule has 3 amide bonds. The Morgan fingerprint density at radius 3 is 2.40 bits per heavy atom. The average Bonchev–Trinajstić information content (AvgIpc) is 2.97. The number of carbonyl (C=O) groups excluding carboxylic acids is 3. The predicted molar refractivity (Wildman–Crippen MR) is 109 cm³/mol. The zero-order chi connectivity index (χ0) is 21.6. The summed E-state index contributed by atoms with van der Waals surface area (Å²) < 4.78 is 16.2. The molecule has 8 heteroatoms. The van der Waals surface area contributed by atoms with Gasteiger partial charge < -0.3 is 19.5 Å². The van der Waals surface area contributed by atoms with E-state index in [1.165, 1.54) is 0 Å². The van der Waals surface area contributed by atoms with Crippen LogP contribution in [-0.2, 0) is 14.3 Å². The summed E-state index contributed by atoms with van der Waals surface area (Å²) in [5.41, 5.74) is -0.869. The molecule has 1 aromatic rings. The SMILES string of the molecule is CCCOc1ccc(OCCOC(=O)CN2C(=O)N[C@]3(CCCC[C@H]3C)C2=O)cc1. The Labute approximate surface area is 176 Å². The van der Waals surface area contributed by atoms with Crippen LogP contribution < -0.4 is 14.8 Å². The van der Waals surface area contributed by atoms with Gasteiger partial charge in [0.25, 0.3) is 5.91 Å². The lowest BCUT2D eigenvalue weighted by molar-refractivity contribution is -0.149. The third kappa shape index (κ3) is 4.86. The van der Waals surface area contributed by atoms with Crippen LogP contribution in [0.3, 0.4) is 0 Å². The maximum absolute atomic E-state index is 12.8. The molecule has 2 aliphatic rings. The minimum atomic E-state index is -0.869. The Bertz CT molecular complexity index is 765. The molecule has 1 N–H and O–H groups in total. The number of esters is 1. The minimum Gasteiger partial charge on any atom is -0.494 e. The van der Waals surface area contributed by atoms with Crippen molar-refractivity contribution in [2.75, 3.05) is 26.4 Å². The fraction of sp³-hybridized carbons (Fsp3) is 0.591. The Kier molecular flexibility index (Phi) is 7.18. The van der Waals surface area contributed by atoms with Crippen LogP contribution >= 0.6 is 0 Å². The maximum Gasteiger partial charge on any atom is 0.326 e. The fourth-order valence-electron chi connectivity index (χ4n) is 3.98. The zero-order valence-electron chi connectivity index (χ0n) is 17.6. The summed E-state index contributed by atoms with van der Waals surface area (Å²) in [5, 5.41) is 2.82. The molecule has 1 aliphatic carbocycles. The van der Waals surface area contributed by atoms with Crippen molar-refractivity contribution in [3.63, 3.8) is 0 Å². The Morgan fingerprint density at radius 2 is 1.77 bits per heavy atom. The fourth-order valence-corrected chi connectivity index (χ4v) is 3.98. The molecule has 1 aliphatic heterocycles. The lowest BCUT2D eigenvalue weighted by Gasteiger charge is -2.36. The van der Waals surface area contributed by atoms with E-state index in [1.54, 1.807) is 12.1 Å². The van der Waals surface area contributed by atoms with Crippen LogP contribution in [-0.4, -0.2) is 54.7 Å². The Hall–Kier alpha value is -2.77. The first-order chi connectivity index (χ1) is 14.5. The number of urea groups is 1. The largest absolute Gasteiger partial charge is 0.494 e. The number of amides is 3. The van der Waals surface area contributed by atoms with Gasteiger partial charge in [0.05, 0.1) is 6.61 Å². The smallest absolute Gasteiger partial charge is 0.326 e. The second-order valence-corrected chi connectivity index (χ2v) is 7.83. The number of benzene rings is 1. The molecule has 0 bridgehead atoms. The van der Waals surface area contributed by atoms with E-state index >= 15 is 0 Å². The van der Waals surface area contributed by atoms with Crippen molar-refractivity contribution in [1.29, 1.82) is 0 Å². The van der Waals surface area contributed by atoms with Gasteiger partial charge in [0.2, 0.25) is 0 Å². The first kappa shape index (κ1) is 21.9. The number of hydrogen-bond acceptors (Lipinski definition) is 6. The number of nitrogens with one attached hydrogen (secondary N) is 1. The van der Waals surface area contributed by atoms with Gasteiger partial charge in [0.1, 0.15) is 36.8 Å². The molecule has 3 rings (SSSR count). The standard InChI is InChI=1S/C22H30N2O6/c1-3-12-28-17-7-9-18(10-8-17)29-13-14-30-19(25)15-24-20(26)22(23-21(24)27)11-5-4-6-16(22)2/h7-10,16H,3-6,11-15H2,1-2H3,(H,23,27)/t16-,22+/m1/s1. The molecule has 1 saturated heterocycles. The van der Waals surface area contributed by atoms with E-state index in [4.69, 9.17) is 14.2 Å². The highest BCUT2D eigenvalue weighted by Crippen LogP contribution is 2.38. The van der Waals surface area contributed by atoms with Crippen LogP contribution in [0.4, 0.5) is 4.79 Å². The minimum absolute atomic E-state index is 0.0259. The Morgan fingerprint density at radius 1 is 1.10 bits per heavy atom. The molecule has 2 fully saturated rings. The van der Waals surface area contributed by atoms with Gasteiger partial charge in [-0.3, -0.25) is 14.5 Å². The van der Waals surface area contributed by atoms with E-state index in [0.29, 0.717) is 18.8 Å². The number of ether oxygens (including phenoxy) is 3. The molecule has 1 aromatic carbocycles. The van der Waals surface area contributed by atoms with E-state index in [2.05, 4.69) is 5.32 Å². The predicted octanol–water partition coefficient (Wildman–Crippen LogP) is 2.90. The van der Waals surface area contributed by atoms with Crippen molar-refractivity contribution in [3.8, 4) is 11.5 Å². The van der Waals surface area contributed by atoms with Crippen LogP contribution in [0.5, 0.6) is 11.5 Å². The van der Waals surface area contributed by atoms with Crippen molar-refractivity contribution < 1.29 is 28.6 Å². The lowest BCUT2D eigenvalue weighted by Crippen LogP contribution is -2.54. The summed E-state index contributed by atoms with van der Waals surface area (Å²) in [6, 6.07) is 6.68. The summed E-state index contributed by atoms with van der Waals surface area (Å²) >= 11 is 0. The average molecular weight is 418 g/mol. The molecule has 1 saturated carbocycles. The van der Waals surface area contributed by atoms with Gasteiger partial charge in [-0.15, -0.1) is 0 Å². The van der Waals surface area contributed by atoms with Gasteiger partial charge in [-0.05, 0) is 49.4 Å². The summed E-state index contributed by atoms with van der Waals surface area (Å²) in [7, 11) is 0. The quantitative estimate of drug-likeness (QED) is 0.376. The van der Waals surface area contributed by atoms with Gasteiger partial charge in [-0.2, -0.15) is 0 Å². The van der Waals surface area contributed by atoms with Gasteiger partial charge in [0, 0.05) is 0 Å². The first-order valence-electron chi connectivity index (χ1n) is 10.6. The number of carbonyl (C=O) groups is 3. The van der Waals surface area contributed by atoms with Gasteiger partial charge >= 0.3 is 12.0 Å². The Balaban J connectivity index is 1.41. The highest BCUT2D eigenvalue weighted by Gasteiger charge is 2.55. The van der Waals surface area contributed by atoms with Crippen LogP contribution in [0.15, 0.2) is 24.3 Å². The van der Waals surface area contributed by atoms with Crippen molar-refractivity contribution in [3.05, 3.63) is 24.3 Å². The molecule has 8 nitrogen and oxygen atoms in total. The maximum atomic E-state index is 12.8. The topological polar surface area (TPSA) is 94.2 Å². The second kappa shape index (κ2) is 9.82. The van der Waals surface area contributed by atoms with Crippen molar-refractivity contribution in [1.82, 2.24) is 10.2 Å². The molecule has 2 atom stereocenters. The van der Waals surface area contributed by atoms with E-state index in [0.717, 1.165) is 36.3 Å². The monoisotopic (exact) mass is 418 g/mol. The number of rotatable bonds is 9. The summed E-state index contributed by atoms with van der Waals surface area (Å²) in [4.78, 5) is 38.2. The first-order valence-corrected chi connectivity index (χ1v) is 10.6. The molecule has 1 heterocycles. The molecule has 0 aromatic heterocycles. The third-order valence-corrected chi connectivity index (χ3v) is 5.70. The third-order valence-electron chi connectivity index (χ3n) is 5.70. The molecule has 0 unspecified atom stereocenters. The van der Waals surface area contributed by atoms with Gasteiger partial charge in [0.15, 0.2) is 0 Å². The molecular formula is C22H30N2O6. The summed E-state index contributed by atoms with van der Waals surface area (Å²) in [5.74, 6) is 0.506. The number of hydrogen-bond donors (Lipinski definition) is 1. The summed E-state index contributed by atoms with van der Waals surface area (Å²) in [6.07, 6.45) is 4.36. The van der Waals surface area contributed by atoms with Crippen LogP contribution in [0.25, 0.3) is 0 Å². The van der Waals surface area contributed by atoms with Gasteiger partial charge in [-0.25, -0.2) is 4.79 Å². The van der Waals surface area contributed by atoms with E-state index < -0.39 is 17.5 Å². The number of imide groups is 1.